The lowest BCUT2D eigenvalue weighted by Gasteiger charge is -2.28. The summed E-state index contributed by atoms with van der Waals surface area (Å²) in [6, 6.07) is 16.1. The van der Waals surface area contributed by atoms with Crippen LogP contribution in [0, 0.1) is 5.92 Å². The number of rotatable bonds is 7. The van der Waals surface area contributed by atoms with Crippen LogP contribution in [-0.2, 0) is 19.1 Å². The zero-order chi connectivity index (χ0) is 24.4. The van der Waals surface area contributed by atoms with Crippen molar-refractivity contribution < 1.29 is 29.0 Å². The molecule has 2 aromatic carbocycles. The standard InChI is InChI=1S/C27H30N2O6/c30-24(31)14-18-6-5-12-29(18)26(32)25-17(11-13-34-25)15-28-27(33)35-16-23-21-9-3-1-7-19(21)20-8-2-4-10-22(20)23/h1-4,7-10,17-18,23,25H,5-6,11-16H2,(H,28,33)(H,30,31)/t17?,18-,25?/m0/s1. The minimum absolute atomic E-state index is 0.0152. The topological polar surface area (TPSA) is 105 Å². The second kappa shape index (κ2) is 10.1. The molecule has 1 aliphatic carbocycles. The van der Waals surface area contributed by atoms with E-state index in [2.05, 4.69) is 29.6 Å². The summed E-state index contributed by atoms with van der Waals surface area (Å²) in [5, 5.41) is 12.0. The maximum Gasteiger partial charge on any atom is 0.407 e. The number of likely N-dealkylation sites (tertiary alicyclic amines) is 1. The van der Waals surface area contributed by atoms with Crippen molar-refractivity contribution in [2.75, 3.05) is 26.3 Å². The van der Waals surface area contributed by atoms with E-state index in [1.165, 1.54) is 11.1 Å². The maximum absolute atomic E-state index is 13.1. The van der Waals surface area contributed by atoms with Crippen molar-refractivity contribution in [3.05, 3.63) is 59.7 Å². The highest BCUT2D eigenvalue weighted by molar-refractivity contribution is 5.83. The Hall–Kier alpha value is -3.39. The number of nitrogens with one attached hydrogen (secondary N) is 1. The average Bonchev–Trinajstić information content (AvgIpc) is 3.58. The number of ether oxygens (including phenoxy) is 2. The van der Waals surface area contributed by atoms with Gasteiger partial charge in [-0.25, -0.2) is 4.79 Å². The van der Waals surface area contributed by atoms with Crippen molar-refractivity contribution in [1.29, 1.82) is 0 Å². The second-order valence-corrected chi connectivity index (χ2v) is 9.47. The summed E-state index contributed by atoms with van der Waals surface area (Å²) in [4.78, 5) is 38.4. The molecule has 5 rings (SSSR count). The number of nitrogens with zero attached hydrogens (tertiary/aromatic N) is 1. The summed E-state index contributed by atoms with van der Waals surface area (Å²) < 4.78 is 11.3. The van der Waals surface area contributed by atoms with E-state index in [1.807, 2.05) is 24.3 Å². The van der Waals surface area contributed by atoms with Crippen LogP contribution < -0.4 is 5.32 Å². The molecule has 8 heteroatoms. The summed E-state index contributed by atoms with van der Waals surface area (Å²) in [6.07, 6.45) is 0.888. The molecule has 2 unspecified atom stereocenters. The van der Waals surface area contributed by atoms with Gasteiger partial charge in [-0.3, -0.25) is 9.59 Å². The lowest BCUT2D eigenvalue weighted by molar-refractivity contribution is -0.145. The van der Waals surface area contributed by atoms with Crippen molar-refractivity contribution in [3.8, 4) is 11.1 Å². The van der Waals surface area contributed by atoms with Crippen LogP contribution in [0.1, 0.15) is 42.7 Å². The molecule has 2 amide bonds. The Kier molecular flexibility index (Phi) is 6.72. The minimum atomic E-state index is -0.907. The first-order valence-corrected chi connectivity index (χ1v) is 12.3. The van der Waals surface area contributed by atoms with Crippen LogP contribution in [0.25, 0.3) is 11.1 Å². The number of hydrogen-bond acceptors (Lipinski definition) is 5. The molecule has 2 N–H and O–H groups in total. The van der Waals surface area contributed by atoms with Gasteiger partial charge in [0.25, 0.3) is 5.91 Å². The number of aliphatic carboxylic acids is 1. The first-order chi connectivity index (χ1) is 17.0. The first-order valence-electron chi connectivity index (χ1n) is 12.3. The SMILES string of the molecule is O=C(O)C[C@@H]1CCCN1C(=O)C1OCCC1CNC(=O)OCC1c2ccccc2-c2ccccc21. The van der Waals surface area contributed by atoms with Gasteiger partial charge in [0.1, 0.15) is 12.7 Å². The number of carbonyl (C=O) groups excluding carboxylic acids is 2. The molecular formula is C27H30N2O6. The fourth-order valence-corrected chi connectivity index (χ4v) is 5.68. The predicted octanol–water partition coefficient (Wildman–Crippen LogP) is 3.40. The molecule has 35 heavy (non-hydrogen) atoms. The molecule has 0 bridgehead atoms. The fourth-order valence-electron chi connectivity index (χ4n) is 5.68. The number of benzene rings is 2. The molecule has 0 radical (unpaired) electrons. The molecule has 2 heterocycles. The largest absolute Gasteiger partial charge is 0.481 e. The zero-order valence-corrected chi connectivity index (χ0v) is 19.5. The molecule has 2 aromatic rings. The van der Waals surface area contributed by atoms with Crippen LogP contribution >= 0.6 is 0 Å². The Bertz CT molecular complexity index is 1070. The molecule has 3 atom stereocenters. The third-order valence-electron chi connectivity index (χ3n) is 7.38. The van der Waals surface area contributed by atoms with Crippen LogP contribution in [-0.4, -0.2) is 66.4 Å². The highest BCUT2D eigenvalue weighted by atomic mass is 16.5. The molecular weight excluding hydrogens is 448 g/mol. The van der Waals surface area contributed by atoms with Crippen molar-refractivity contribution in [1.82, 2.24) is 10.2 Å². The van der Waals surface area contributed by atoms with Crippen LogP contribution in [0.15, 0.2) is 48.5 Å². The summed E-state index contributed by atoms with van der Waals surface area (Å²) in [5.41, 5.74) is 4.64. The van der Waals surface area contributed by atoms with E-state index in [1.54, 1.807) is 4.90 Å². The molecule has 2 fully saturated rings. The zero-order valence-electron chi connectivity index (χ0n) is 19.5. The van der Waals surface area contributed by atoms with Crippen molar-refractivity contribution in [3.63, 3.8) is 0 Å². The van der Waals surface area contributed by atoms with E-state index in [0.29, 0.717) is 26.0 Å². The number of hydrogen-bond donors (Lipinski definition) is 2. The smallest absolute Gasteiger partial charge is 0.407 e. The molecule has 184 valence electrons. The summed E-state index contributed by atoms with van der Waals surface area (Å²) >= 11 is 0. The lowest BCUT2D eigenvalue weighted by atomic mass is 9.98. The van der Waals surface area contributed by atoms with Gasteiger partial charge in [0.05, 0.1) is 6.42 Å². The lowest BCUT2D eigenvalue weighted by Crippen LogP contribution is -2.46. The van der Waals surface area contributed by atoms with Gasteiger partial charge in [0.2, 0.25) is 0 Å². The van der Waals surface area contributed by atoms with Gasteiger partial charge in [0, 0.05) is 37.6 Å². The van der Waals surface area contributed by atoms with Crippen LogP contribution in [0.5, 0.6) is 0 Å². The van der Waals surface area contributed by atoms with Gasteiger partial charge in [-0.2, -0.15) is 0 Å². The van der Waals surface area contributed by atoms with Gasteiger partial charge in [-0.15, -0.1) is 0 Å². The van der Waals surface area contributed by atoms with Crippen molar-refractivity contribution in [2.45, 2.75) is 43.7 Å². The molecule has 2 saturated heterocycles. The number of carbonyl (C=O) groups is 3. The maximum atomic E-state index is 13.1. The third kappa shape index (κ3) is 4.75. The minimum Gasteiger partial charge on any atom is -0.481 e. The Morgan fingerprint density at radius 2 is 1.71 bits per heavy atom. The molecule has 2 aliphatic heterocycles. The molecule has 8 nitrogen and oxygen atoms in total. The van der Waals surface area contributed by atoms with Crippen LogP contribution in [0.3, 0.4) is 0 Å². The Morgan fingerprint density at radius 1 is 1.03 bits per heavy atom. The summed E-state index contributed by atoms with van der Waals surface area (Å²) in [6.45, 7) is 1.48. The van der Waals surface area contributed by atoms with Gasteiger partial charge in [-0.1, -0.05) is 48.5 Å². The van der Waals surface area contributed by atoms with E-state index >= 15 is 0 Å². The van der Waals surface area contributed by atoms with Crippen molar-refractivity contribution >= 4 is 18.0 Å². The van der Waals surface area contributed by atoms with Gasteiger partial charge >= 0.3 is 12.1 Å². The molecule has 0 spiro atoms. The highest BCUT2D eigenvalue weighted by Crippen LogP contribution is 2.44. The Labute approximate surface area is 204 Å². The third-order valence-corrected chi connectivity index (χ3v) is 7.38. The Morgan fingerprint density at radius 3 is 2.40 bits per heavy atom. The van der Waals surface area contributed by atoms with E-state index < -0.39 is 18.2 Å². The number of fused-ring (bicyclic) bond motifs is 3. The van der Waals surface area contributed by atoms with E-state index in [9.17, 15) is 14.4 Å². The number of alkyl carbamates (subject to hydrolysis) is 1. The summed E-state index contributed by atoms with van der Waals surface area (Å²) in [7, 11) is 0. The van der Waals surface area contributed by atoms with Crippen LogP contribution in [0.4, 0.5) is 4.79 Å². The monoisotopic (exact) mass is 478 g/mol. The van der Waals surface area contributed by atoms with Gasteiger partial charge in [-0.05, 0) is 41.5 Å². The van der Waals surface area contributed by atoms with Gasteiger partial charge < -0.3 is 24.8 Å². The normalized spacial score (nSPS) is 23.1. The predicted molar refractivity (Wildman–Crippen MR) is 128 cm³/mol. The van der Waals surface area contributed by atoms with E-state index in [0.717, 1.165) is 17.5 Å². The second-order valence-electron chi connectivity index (χ2n) is 9.47. The molecule has 0 aromatic heterocycles. The number of carboxylic acids is 1. The van der Waals surface area contributed by atoms with Crippen molar-refractivity contribution in [2.24, 2.45) is 5.92 Å². The quantitative estimate of drug-likeness (QED) is 0.632. The van der Waals surface area contributed by atoms with Crippen LogP contribution in [0.2, 0.25) is 0 Å². The molecule has 3 aliphatic rings. The number of carboxylic acid groups (broad SMARTS) is 1. The average molecular weight is 479 g/mol. The first kappa shape index (κ1) is 23.4. The van der Waals surface area contributed by atoms with E-state index in [-0.39, 0.29) is 43.4 Å². The fraction of sp³-hybridized carbons (Fsp3) is 0.444. The van der Waals surface area contributed by atoms with E-state index in [4.69, 9.17) is 14.6 Å². The number of amides is 2. The highest BCUT2D eigenvalue weighted by Gasteiger charge is 2.41. The van der Waals surface area contributed by atoms with Gasteiger partial charge in [0.15, 0.2) is 0 Å². The summed E-state index contributed by atoms with van der Waals surface area (Å²) in [5.74, 6) is -1.27. The Balaban J connectivity index is 1.16. The molecule has 0 saturated carbocycles.